The Morgan fingerprint density at radius 1 is 1.03 bits per heavy atom. The highest BCUT2D eigenvalue weighted by molar-refractivity contribution is 5.87. The maximum atomic E-state index is 14.0. The highest BCUT2D eigenvalue weighted by Gasteiger charge is 2.66. The molecule has 0 bridgehead atoms. The van der Waals surface area contributed by atoms with Crippen LogP contribution in [0.5, 0.6) is 0 Å². The second-order valence-corrected chi connectivity index (χ2v) is 12.4. The van der Waals surface area contributed by atoms with Crippen molar-refractivity contribution in [3.8, 4) is 0 Å². The van der Waals surface area contributed by atoms with Crippen molar-refractivity contribution in [3.63, 3.8) is 0 Å². The topological polar surface area (TPSA) is 107 Å². The summed E-state index contributed by atoms with van der Waals surface area (Å²) in [6.45, 7) is 9.42. The van der Waals surface area contributed by atoms with Crippen molar-refractivity contribution in [2.75, 3.05) is 0 Å². The zero-order valence-corrected chi connectivity index (χ0v) is 21.9. The lowest BCUT2D eigenvalue weighted by molar-refractivity contribution is -0.196. The van der Waals surface area contributed by atoms with E-state index in [1.807, 2.05) is 0 Å². The predicted octanol–water partition coefficient (Wildman–Crippen LogP) is 4.80. The van der Waals surface area contributed by atoms with E-state index in [0.717, 1.165) is 38.5 Å². The number of ether oxygens (including phenoxy) is 2. The Labute approximate surface area is 208 Å². The van der Waals surface area contributed by atoms with E-state index in [9.17, 15) is 24.3 Å². The minimum absolute atomic E-state index is 0.0536. The minimum atomic E-state index is -0.794. The fourth-order valence-electron chi connectivity index (χ4n) is 9.05. The molecule has 4 rings (SSSR count). The molecule has 0 amide bonds. The average molecular weight is 491 g/mol. The summed E-state index contributed by atoms with van der Waals surface area (Å²) in [5.74, 6) is -0.0877. The molecule has 1 N–H and O–H groups in total. The van der Waals surface area contributed by atoms with Crippen molar-refractivity contribution in [2.24, 2.45) is 46.3 Å². The second kappa shape index (κ2) is 9.51. The van der Waals surface area contributed by atoms with E-state index < -0.39 is 11.4 Å². The zero-order chi connectivity index (χ0) is 25.7. The molecule has 1 unspecified atom stereocenters. The molecule has 4 aliphatic rings. The van der Waals surface area contributed by atoms with E-state index in [0.29, 0.717) is 18.6 Å². The van der Waals surface area contributed by atoms with Crippen LogP contribution >= 0.6 is 0 Å². The number of carbonyl (C=O) groups excluding carboxylic acids is 3. The standard InChI is InChI=1S/C28H42O7/c1-15(6-9-25(32)33)20-7-8-21-26-22(14-24(31)28(20,21)5)27(4)11-10-19(34-16(2)29)12-18(27)13-23(26)35-17(3)30/h15,18-23,26H,6-14H2,1-5H3,(H,32,33)/t15-,18?,19-,20-,21+,22+,23-,26+,27+,28-/m1/s1. The number of carboxylic acids is 1. The van der Waals surface area contributed by atoms with E-state index in [1.54, 1.807) is 0 Å². The van der Waals surface area contributed by atoms with Crippen LogP contribution in [0.15, 0.2) is 0 Å². The molecule has 7 nitrogen and oxygen atoms in total. The lowest BCUT2D eigenvalue weighted by Crippen LogP contribution is -2.62. The van der Waals surface area contributed by atoms with Gasteiger partial charge in [-0.05, 0) is 80.0 Å². The Bertz CT molecular complexity index is 883. The first-order chi connectivity index (χ1) is 16.4. The Kier molecular flexibility index (Phi) is 7.11. The van der Waals surface area contributed by atoms with E-state index in [1.165, 1.54) is 13.8 Å². The monoisotopic (exact) mass is 490 g/mol. The second-order valence-electron chi connectivity index (χ2n) is 12.4. The van der Waals surface area contributed by atoms with Crippen molar-refractivity contribution < 1.29 is 33.8 Å². The smallest absolute Gasteiger partial charge is 0.303 e. The summed E-state index contributed by atoms with van der Waals surface area (Å²) in [6, 6.07) is 0. The van der Waals surface area contributed by atoms with Crippen molar-refractivity contribution in [3.05, 3.63) is 0 Å². The molecule has 0 spiro atoms. The third kappa shape index (κ3) is 4.53. The largest absolute Gasteiger partial charge is 0.481 e. The zero-order valence-electron chi connectivity index (χ0n) is 21.9. The normalized spacial score (nSPS) is 43.3. The maximum Gasteiger partial charge on any atom is 0.303 e. The third-order valence-electron chi connectivity index (χ3n) is 10.7. The molecule has 0 aromatic rings. The number of carbonyl (C=O) groups is 4. The van der Waals surface area contributed by atoms with Gasteiger partial charge in [-0.25, -0.2) is 0 Å². The number of carboxylic acid groups (broad SMARTS) is 1. The van der Waals surface area contributed by atoms with Gasteiger partial charge in [-0.2, -0.15) is 0 Å². The van der Waals surface area contributed by atoms with Crippen LogP contribution < -0.4 is 0 Å². The molecule has 0 saturated heterocycles. The fourth-order valence-corrected chi connectivity index (χ4v) is 9.05. The van der Waals surface area contributed by atoms with Gasteiger partial charge in [0.2, 0.25) is 0 Å². The molecule has 0 radical (unpaired) electrons. The molecule has 0 aromatic heterocycles. The number of hydrogen-bond donors (Lipinski definition) is 1. The van der Waals surface area contributed by atoms with E-state index in [2.05, 4.69) is 20.8 Å². The van der Waals surface area contributed by atoms with Crippen LogP contribution in [-0.2, 0) is 28.7 Å². The summed E-state index contributed by atoms with van der Waals surface area (Å²) >= 11 is 0. The summed E-state index contributed by atoms with van der Waals surface area (Å²) < 4.78 is 11.6. The lowest BCUT2D eigenvalue weighted by Gasteiger charge is -2.62. The maximum absolute atomic E-state index is 14.0. The average Bonchev–Trinajstić information content (AvgIpc) is 3.11. The summed E-state index contributed by atoms with van der Waals surface area (Å²) in [5.41, 5.74) is -0.558. The molecule has 35 heavy (non-hydrogen) atoms. The Morgan fingerprint density at radius 3 is 2.34 bits per heavy atom. The van der Waals surface area contributed by atoms with Gasteiger partial charge in [-0.3, -0.25) is 19.2 Å². The van der Waals surface area contributed by atoms with Crippen LogP contribution in [0.25, 0.3) is 0 Å². The van der Waals surface area contributed by atoms with E-state index in [-0.39, 0.29) is 71.5 Å². The summed E-state index contributed by atoms with van der Waals surface area (Å²) in [4.78, 5) is 48.9. The van der Waals surface area contributed by atoms with Crippen LogP contribution in [0.1, 0.15) is 92.4 Å². The van der Waals surface area contributed by atoms with Crippen molar-refractivity contribution in [1.29, 1.82) is 0 Å². The highest BCUT2D eigenvalue weighted by atomic mass is 16.5. The van der Waals surface area contributed by atoms with Crippen LogP contribution in [0.2, 0.25) is 0 Å². The molecule has 0 heterocycles. The van der Waals surface area contributed by atoms with E-state index in [4.69, 9.17) is 9.47 Å². The van der Waals surface area contributed by atoms with Gasteiger partial charge in [0.15, 0.2) is 0 Å². The number of Topliss-reactive ketones (excluding diaryl/α,β-unsaturated/α-hetero) is 1. The third-order valence-corrected chi connectivity index (χ3v) is 10.7. The Morgan fingerprint density at radius 2 is 1.71 bits per heavy atom. The molecule has 4 saturated carbocycles. The number of ketones is 1. The van der Waals surface area contributed by atoms with Gasteiger partial charge in [0.05, 0.1) is 0 Å². The molecule has 4 aliphatic carbocycles. The Balaban J connectivity index is 1.64. The highest BCUT2D eigenvalue weighted by Crippen LogP contribution is 2.67. The summed E-state index contributed by atoms with van der Waals surface area (Å²) in [5, 5.41) is 9.19. The van der Waals surface area contributed by atoms with Crippen molar-refractivity contribution >= 4 is 23.7 Å². The number of esters is 2. The molecule has 10 atom stereocenters. The summed E-state index contributed by atoms with van der Waals surface area (Å²) in [6.07, 6.45) is 5.87. The van der Waals surface area contributed by atoms with Crippen LogP contribution in [0, 0.1) is 46.3 Å². The first-order valence-corrected chi connectivity index (χ1v) is 13.5. The Hall–Kier alpha value is -1.92. The van der Waals surface area contributed by atoms with Gasteiger partial charge in [0.25, 0.3) is 0 Å². The first kappa shape index (κ1) is 26.2. The molecule has 4 fully saturated rings. The van der Waals surface area contributed by atoms with Gasteiger partial charge in [-0.15, -0.1) is 0 Å². The van der Waals surface area contributed by atoms with Gasteiger partial charge >= 0.3 is 17.9 Å². The van der Waals surface area contributed by atoms with Gasteiger partial charge in [-0.1, -0.05) is 20.8 Å². The lowest BCUT2D eigenvalue weighted by atomic mass is 9.43. The van der Waals surface area contributed by atoms with Gasteiger partial charge in [0, 0.05) is 38.0 Å². The molecule has 0 aromatic carbocycles. The SMILES string of the molecule is CC(=O)O[C@@H]1CC[C@@]2(C)C(C1)C[C@@H](OC(C)=O)[C@H]1[C@@H]3CC[C@H]([C@H](C)CCC(=O)O)[C@@]3(C)C(=O)C[C@@H]12. The molecular formula is C28H42O7. The molecule has 196 valence electrons. The molecule has 7 heteroatoms. The number of rotatable bonds is 6. The van der Waals surface area contributed by atoms with Crippen LogP contribution in [0.4, 0.5) is 0 Å². The van der Waals surface area contributed by atoms with Crippen LogP contribution in [-0.4, -0.2) is 41.0 Å². The van der Waals surface area contributed by atoms with Crippen molar-refractivity contribution in [2.45, 2.75) is 105 Å². The van der Waals surface area contributed by atoms with Gasteiger partial charge in [0.1, 0.15) is 18.0 Å². The molecule has 0 aliphatic heterocycles. The first-order valence-electron chi connectivity index (χ1n) is 13.5. The number of fused-ring (bicyclic) bond motifs is 5. The van der Waals surface area contributed by atoms with Crippen molar-refractivity contribution in [1.82, 2.24) is 0 Å². The number of aliphatic carboxylic acids is 1. The quantitative estimate of drug-likeness (QED) is 0.533. The number of hydrogen-bond acceptors (Lipinski definition) is 6. The fraction of sp³-hybridized carbons (Fsp3) is 0.857. The summed E-state index contributed by atoms with van der Waals surface area (Å²) in [7, 11) is 0. The van der Waals surface area contributed by atoms with E-state index >= 15 is 0 Å². The predicted molar refractivity (Wildman–Crippen MR) is 128 cm³/mol. The minimum Gasteiger partial charge on any atom is -0.481 e. The molecular weight excluding hydrogens is 448 g/mol. The van der Waals surface area contributed by atoms with Crippen LogP contribution in [0.3, 0.4) is 0 Å². The van der Waals surface area contributed by atoms with Gasteiger partial charge < -0.3 is 14.6 Å².